The van der Waals surface area contributed by atoms with E-state index in [9.17, 15) is 14.4 Å². The van der Waals surface area contributed by atoms with Crippen LogP contribution in [-0.4, -0.2) is 37.2 Å². The number of aromatic nitrogens is 1. The number of hydrogen-bond acceptors (Lipinski definition) is 8. The highest BCUT2D eigenvalue weighted by molar-refractivity contribution is 6.31. The number of halogens is 2. The molecule has 9 nitrogen and oxygen atoms in total. The van der Waals surface area contributed by atoms with Gasteiger partial charge in [-0.3, -0.25) is 9.78 Å². The van der Waals surface area contributed by atoms with Crippen LogP contribution in [0, 0.1) is 17.1 Å². The zero-order valence-corrected chi connectivity index (χ0v) is 19.7. The third kappa shape index (κ3) is 6.88. The topological polar surface area (TPSA) is 134 Å². The second-order valence-corrected chi connectivity index (χ2v) is 7.58. The van der Waals surface area contributed by atoms with Crippen LogP contribution >= 0.6 is 11.6 Å². The van der Waals surface area contributed by atoms with Crippen LogP contribution < -0.4 is 26.6 Å². The molecule has 3 rings (SSSR count). The van der Waals surface area contributed by atoms with Gasteiger partial charge in [-0.2, -0.15) is 5.26 Å². The number of amides is 1. The minimum absolute atomic E-state index is 0.0599. The number of hydrogen-bond donors (Lipinski definition) is 4. The van der Waals surface area contributed by atoms with Crippen molar-refractivity contribution in [2.75, 3.05) is 36.9 Å². The van der Waals surface area contributed by atoms with Gasteiger partial charge in [0.25, 0.3) is 0 Å². The van der Waals surface area contributed by atoms with E-state index >= 15 is 0 Å². The molecule has 3 aromatic rings. The summed E-state index contributed by atoms with van der Waals surface area (Å²) in [5.41, 5.74) is 2.10. The summed E-state index contributed by atoms with van der Waals surface area (Å²) >= 11 is 5.91. The number of rotatable bonds is 11. The highest BCUT2D eigenvalue weighted by Crippen LogP contribution is 2.36. The van der Waals surface area contributed by atoms with Gasteiger partial charge in [-0.15, -0.1) is 0 Å². The average Bonchev–Trinajstić information content (AvgIpc) is 2.84. The van der Waals surface area contributed by atoms with Crippen LogP contribution in [0.15, 0.2) is 48.7 Å². The van der Waals surface area contributed by atoms with Crippen molar-refractivity contribution in [2.24, 2.45) is 5.90 Å². The summed E-state index contributed by atoms with van der Waals surface area (Å²) in [6.07, 6.45) is 4.48. The highest BCUT2D eigenvalue weighted by Gasteiger charge is 2.15. The smallest absolute Gasteiger partial charge is 0.248 e. The Labute approximate surface area is 206 Å². The molecule has 0 fully saturated rings. The van der Waals surface area contributed by atoms with Crippen molar-refractivity contribution in [2.45, 2.75) is 6.92 Å². The molecule has 0 spiro atoms. The minimum atomic E-state index is -0.556. The number of benzene rings is 2. The van der Waals surface area contributed by atoms with Crippen molar-refractivity contribution in [1.82, 2.24) is 10.3 Å². The SMILES string of the molecule is CCOc1cc2ncc(C#N)c(Nc3ccc(F)c(Cl)c3)c2cc1NC(=O)C=CCNCCON. The predicted molar refractivity (Wildman–Crippen MR) is 133 cm³/mol. The molecule has 0 aliphatic heterocycles. The van der Waals surface area contributed by atoms with Crippen LogP contribution in [-0.2, 0) is 9.63 Å². The fourth-order valence-corrected chi connectivity index (χ4v) is 3.37. The second-order valence-electron chi connectivity index (χ2n) is 7.18. The van der Waals surface area contributed by atoms with Crippen LogP contribution in [0.4, 0.5) is 21.5 Å². The maximum absolute atomic E-state index is 13.6. The van der Waals surface area contributed by atoms with Gasteiger partial charge < -0.3 is 25.5 Å². The molecule has 0 unspecified atom stereocenters. The minimum Gasteiger partial charge on any atom is -0.492 e. The number of nitrogens with one attached hydrogen (secondary N) is 3. The average molecular weight is 499 g/mol. The molecule has 5 N–H and O–H groups in total. The zero-order valence-electron chi connectivity index (χ0n) is 18.9. The Bertz CT molecular complexity index is 1280. The lowest BCUT2D eigenvalue weighted by atomic mass is 10.1. The third-order valence-electron chi connectivity index (χ3n) is 4.76. The van der Waals surface area contributed by atoms with Crippen LogP contribution in [0.3, 0.4) is 0 Å². The van der Waals surface area contributed by atoms with Crippen molar-refractivity contribution in [1.29, 1.82) is 5.26 Å². The summed E-state index contributed by atoms with van der Waals surface area (Å²) in [4.78, 5) is 21.3. The van der Waals surface area contributed by atoms with E-state index in [1.807, 2.05) is 6.92 Å². The summed E-state index contributed by atoms with van der Waals surface area (Å²) in [5.74, 6) is 4.46. The van der Waals surface area contributed by atoms with Crippen LogP contribution in [0.25, 0.3) is 10.9 Å². The maximum atomic E-state index is 13.6. The normalized spacial score (nSPS) is 10.9. The Morgan fingerprint density at radius 2 is 2.17 bits per heavy atom. The Kier molecular flexibility index (Phi) is 9.34. The van der Waals surface area contributed by atoms with E-state index in [4.69, 9.17) is 22.2 Å². The molecule has 11 heteroatoms. The standard InChI is InChI=1S/C24H24ClFN6O3/c1-2-34-22-12-20-17(11-21(22)32-23(33)4-3-7-29-8-9-35-28)24(15(13-27)14-30-20)31-16-5-6-19(26)18(25)10-16/h3-6,10-12,14,29H,2,7-9,28H2,1H3,(H,30,31)(H,32,33). The van der Waals surface area contributed by atoms with Crippen LogP contribution in [0.1, 0.15) is 12.5 Å². The maximum Gasteiger partial charge on any atom is 0.248 e. The van der Waals surface area contributed by atoms with Gasteiger partial charge in [0, 0.05) is 42.5 Å². The molecule has 0 atom stereocenters. The number of pyridine rings is 1. The fourth-order valence-electron chi connectivity index (χ4n) is 3.19. The van der Waals surface area contributed by atoms with Crippen molar-refractivity contribution in [3.63, 3.8) is 0 Å². The molecule has 0 aliphatic carbocycles. The number of fused-ring (bicyclic) bond motifs is 1. The first kappa shape index (κ1) is 25.9. The fraction of sp³-hybridized carbons (Fsp3) is 0.208. The molecule has 0 bridgehead atoms. The number of nitrogens with zero attached hydrogens (tertiary/aromatic N) is 2. The van der Waals surface area contributed by atoms with Gasteiger partial charge in [-0.05, 0) is 31.2 Å². The molecule has 2 aromatic carbocycles. The van der Waals surface area contributed by atoms with E-state index in [2.05, 4.69) is 31.8 Å². The Hall–Kier alpha value is -3.75. The number of carbonyl (C=O) groups excluding carboxylic acids is 1. The van der Waals surface area contributed by atoms with Gasteiger partial charge in [0.05, 0.1) is 40.7 Å². The van der Waals surface area contributed by atoms with E-state index in [-0.39, 0.29) is 16.5 Å². The van der Waals surface area contributed by atoms with Gasteiger partial charge in [0.1, 0.15) is 17.6 Å². The molecule has 1 amide bonds. The first-order chi connectivity index (χ1) is 17.0. The summed E-state index contributed by atoms with van der Waals surface area (Å²) in [7, 11) is 0. The second kappa shape index (κ2) is 12.6. The van der Waals surface area contributed by atoms with E-state index in [1.54, 1.807) is 18.2 Å². The Morgan fingerprint density at radius 3 is 2.89 bits per heavy atom. The lowest BCUT2D eigenvalue weighted by Gasteiger charge is -2.16. The first-order valence-corrected chi connectivity index (χ1v) is 11.1. The quantitative estimate of drug-likeness (QED) is 0.177. The third-order valence-corrected chi connectivity index (χ3v) is 5.05. The Morgan fingerprint density at radius 1 is 1.34 bits per heavy atom. The van der Waals surface area contributed by atoms with Gasteiger partial charge in [-0.25, -0.2) is 10.3 Å². The summed E-state index contributed by atoms with van der Waals surface area (Å²) in [6, 6.07) is 9.59. The number of nitrogens with two attached hydrogens (primary N) is 1. The molecule has 0 aliphatic rings. The summed E-state index contributed by atoms with van der Waals surface area (Å²) in [6.45, 7) is 3.55. The number of ether oxygens (including phenoxy) is 1. The highest BCUT2D eigenvalue weighted by atomic mass is 35.5. The Balaban J connectivity index is 1.95. The number of nitriles is 1. The van der Waals surface area contributed by atoms with Gasteiger partial charge in [0.2, 0.25) is 5.91 Å². The largest absolute Gasteiger partial charge is 0.492 e. The van der Waals surface area contributed by atoms with E-state index in [0.29, 0.717) is 60.0 Å². The lowest BCUT2D eigenvalue weighted by molar-refractivity contribution is -0.111. The van der Waals surface area contributed by atoms with Gasteiger partial charge in [0.15, 0.2) is 0 Å². The van der Waals surface area contributed by atoms with Crippen LogP contribution in [0.2, 0.25) is 5.02 Å². The number of anilines is 3. The lowest BCUT2D eigenvalue weighted by Crippen LogP contribution is -2.21. The van der Waals surface area contributed by atoms with Crippen molar-refractivity contribution < 1.29 is 18.8 Å². The first-order valence-electron chi connectivity index (χ1n) is 10.7. The molecule has 0 saturated carbocycles. The van der Waals surface area contributed by atoms with Crippen molar-refractivity contribution >= 4 is 45.5 Å². The summed E-state index contributed by atoms with van der Waals surface area (Å²) < 4.78 is 19.3. The molecule has 1 heterocycles. The van der Waals surface area contributed by atoms with Crippen molar-refractivity contribution in [3.05, 3.63) is 65.1 Å². The molecular weight excluding hydrogens is 475 g/mol. The molecule has 0 saturated heterocycles. The molecule has 35 heavy (non-hydrogen) atoms. The molecular formula is C24H24ClFN6O3. The summed E-state index contributed by atoms with van der Waals surface area (Å²) in [5, 5.41) is 19.1. The zero-order chi connectivity index (χ0) is 25.2. The van der Waals surface area contributed by atoms with E-state index in [1.165, 1.54) is 30.5 Å². The number of carbonyl (C=O) groups is 1. The molecule has 0 radical (unpaired) electrons. The molecule has 1 aromatic heterocycles. The molecule has 182 valence electrons. The van der Waals surface area contributed by atoms with Crippen molar-refractivity contribution in [3.8, 4) is 11.8 Å². The van der Waals surface area contributed by atoms with E-state index in [0.717, 1.165) is 0 Å². The van der Waals surface area contributed by atoms with Crippen LogP contribution in [0.5, 0.6) is 5.75 Å². The van der Waals surface area contributed by atoms with Gasteiger partial charge >= 0.3 is 0 Å². The predicted octanol–water partition coefficient (Wildman–Crippen LogP) is 4.02. The monoisotopic (exact) mass is 498 g/mol. The van der Waals surface area contributed by atoms with E-state index < -0.39 is 5.82 Å². The van der Waals surface area contributed by atoms with Gasteiger partial charge in [-0.1, -0.05) is 17.7 Å².